The van der Waals surface area contributed by atoms with E-state index in [0.29, 0.717) is 18.4 Å². The van der Waals surface area contributed by atoms with Gasteiger partial charge in [-0.3, -0.25) is 9.59 Å². The summed E-state index contributed by atoms with van der Waals surface area (Å²) < 4.78 is 11.3. The molecular formula is C22H30O7. The lowest BCUT2D eigenvalue weighted by atomic mass is 9.36. The van der Waals surface area contributed by atoms with Crippen LogP contribution in [0.3, 0.4) is 0 Å². The van der Waals surface area contributed by atoms with Crippen molar-refractivity contribution in [3.8, 4) is 0 Å². The first kappa shape index (κ1) is 19.7. The molecule has 2 aliphatic heterocycles. The van der Waals surface area contributed by atoms with Crippen LogP contribution in [0.1, 0.15) is 46.0 Å². The number of aliphatic hydroxyl groups is 3. The molecule has 160 valence electrons. The van der Waals surface area contributed by atoms with Crippen molar-refractivity contribution in [2.75, 3.05) is 13.2 Å². The highest BCUT2D eigenvalue weighted by molar-refractivity contribution is 6.05. The molecule has 4 bridgehead atoms. The Balaban J connectivity index is 1.68. The largest absolute Gasteiger partial charge is 0.465 e. The normalized spacial score (nSPS) is 55.4. The number of hydrogen-bond acceptors (Lipinski definition) is 7. The number of ketones is 1. The first-order valence-corrected chi connectivity index (χ1v) is 10.7. The summed E-state index contributed by atoms with van der Waals surface area (Å²) in [5, 5.41) is 34.5. The van der Waals surface area contributed by atoms with Crippen LogP contribution in [0, 0.1) is 34.0 Å². The lowest BCUT2D eigenvalue weighted by molar-refractivity contribution is -0.450. The molecule has 6 fully saturated rings. The van der Waals surface area contributed by atoms with E-state index in [1.54, 1.807) is 0 Å². The molecule has 29 heavy (non-hydrogen) atoms. The number of aliphatic hydroxyl groups excluding tert-OH is 2. The van der Waals surface area contributed by atoms with Crippen molar-refractivity contribution in [3.05, 3.63) is 12.2 Å². The molecular weight excluding hydrogens is 376 g/mol. The van der Waals surface area contributed by atoms with Crippen LogP contribution < -0.4 is 0 Å². The Morgan fingerprint density at radius 1 is 1.28 bits per heavy atom. The number of Topliss-reactive ketones (excluding diaryl/α,β-unsaturated/α-hetero) is 1. The van der Waals surface area contributed by atoms with Gasteiger partial charge in [0.2, 0.25) is 5.79 Å². The molecule has 3 N–H and O–H groups in total. The SMILES string of the molecule is C=C1C(=O)C23[C@@H](O)[C@@H]1CC[C@H]2C12CCCC(C)(COC(C)=O)[C@H]1[C@H](O)[C@]3(O)OC2. The predicted octanol–water partition coefficient (Wildman–Crippen LogP) is 0.948. The van der Waals surface area contributed by atoms with Crippen LogP contribution in [0.25, 0.3) is 0 Å². The van der Waals surface area contributed by atoms with Crippen LogP contribution in [-0.4, -0.2) is 58.3 Å². The van der Waals surface area contributed by atoms with Gasteiger partial charge < -0.3 is 24.8 Å². The summed E-state index contributed by atoms with van der Waals surface area (Å²) >= 11 is 0. The van der Waals surface area contributed by atoms with E-state index in [4.69, 9.17) is 9.47 Å². The van der Waals surface area contributed by atoms with E-state index in [0.717, 1.165) is 19.3 Å². The molecule has 0 amide bonds. The van der Waals surface area contributed by atoms with Gasteiger partial charge in [0, 0.05) is 29.6 Å². The minimum Gasteiger partial charge on any atom is -0.465 e. The number of fused-ring (bicyclic) bond motifs is 2. The Morgan fingerprint density at radius 2 is 2.00 bits per heavy atom. The van der Waals surface area contributed by atoms with Gasteiger partial charge in [0.05, 0.1) is 19.3 Å². The summed E-state index contributed by atoms with van der Waals surface area (Å²) in [5.41, 5.74) is -2.35. The molecule has 2 spiro atoms. The monoisotopic (exact) mass is 406 g/mol. The average molecular weight is 406 g/mol. The van der Waals surface area contributed by atoms with Crippen molar-refractivity contribution >= 4 is 11.8 Å². The molecule has 4 aliphatic carbocycles. The van der Waals surface area contributed by atoms with Crippen molar-refractivity contribution < 1.29 is 34.4 Å². The quantitative estimate of drug-likeness (QED) is 0.462. The zero-order chi connectivity index (χ0) is 21.0. The van der Waals surface area contributed by atoms with Crippen molar-refractivity contribution in [3.63, 3.8) is 0 Å². The standard InChI is InChI=1S/C22H30O7/c1-11-13-5-6-14-20-8-4-7-19(3,9-28-12(2)23)15(20)18(26)22(27,29-10-20)21(14,16(11)24)17(13)25/h13-15,17-18,25-27H,1,4-10H2,2-3H3/t13-,14+,15-,17+,18+,19?,20?,21?,22+/m1/s1. The Kier molecular flexibility index (Phi) is 3.86. The molecule has 6 aliphatic rings. The minimum atomic E-state index is -2.17. The Hall–Kier alpha value is -1.28. The highest BCUT2D eigenvalue weighted by Gasteiger charge is 2.85. The molecule has 0 radical (unpaired) electrons. The summed E-state index contributed by atoms with van der Waals surface area (Å²) in [6.45, 7) is 7.63. The molecule has 7 heteroatoms. The topological polar surface area (TPSA) is 113 Å². The maximum Gasteiger partial charge on any atom is 0.302 e. The molecule has 4 saturated carbocycles. The van der Waals surface area contributed by atoms with Crippen LogP contribution in [0.4, 0.5) is 0 Å². The van der Waals surface area contributed by atoms with E-state index in [1.807, 2.05) is 6.92 Å². The van der Waals surface area contributed by atoms with Gasteiger partial charge in [-0.2, -0.15) is 0 Å². The van der Waals surface area contributed by atoms with E-state index < -0.39 is 46.1 Å². The lowest BCUT2D eigenvalue weighted by Crippen LogP contribution is -2.84. The minimum absolute atomic E-state index is 0.146. The van der Waals surface area contributed by atoms with Crippen LogP contribution in [0.5, 0.6) is 0 Å². The van der Waals surface area contributed by atoms with E-state index >= 15 is 0 Å². The third-order valence-corrected chi connectivity index (χ3v) is 9.21. The number of carbonyl (C=O) groups is 2. The lowest BCUT2D eigenvalue weighted by Gasteiger charge is -2.74. The van der Waals surface area contributed by atoms with E-state index in [1.165, 1.54) is 6.92 Å². The fourth-order valence-corrected chi connectivity index (χ4v) is 8.24. The maximum absolute atomic E-state index is 13.5. The van der Waals surface area contributed by atoms with Gasteiger partial charge in [0.25, 0.3) is 0 Å². The van der Waals surface area contributed by atoms with Crippen LogP contribution in [-0.2, 0) is 19.1 Å². The third kappa shape index (κ3) is 1.94. The summed E-state index contributed by atoms with van der Waals surface area (Å²) in [4.78, 5) is 25.0. The summed E-state index contributed by atoms with van der Waals surface area (Å²) in [6.07, 6.45) is 1.15. The van der Waals surface area contributed by atoms with Crippen molar-refractivity contribution in [1.29, 1.82) is 0 Å². The van der Waals surface area contributed by atoms with Gasteiger partial charge in [-0.25, -0.2) is 0 Å². The molecule has 2 heterocycles. The number of hydrogen-bond donors (Lipinski definition) is 3. The summed E-state index contributed by atoms with van der Waals surface area (Å²) in [5.74, 6) is -4.02. The average Bonchev–Trinajstić information content (AvgIpc) is 2.77. The zero-order valence-corrected chi connectivity index (χ0v) is 17.0. The molecule has 2 saturated heterocycles. The van der Waals surface area contributed by atoms with Gasteiger partial charge in [0.15, 0.2) is 5.78 Å². The first-order chi connectivity index (χ1) is 13.6. The molecule has 6 rings (SSSR count). The smallest absolute Gasteiger partial charge is 0.302 e. The number of esters is 1. The Labute approximate surface area is 170 Å². The van der Waals surface area contributed by atoms with Gasteiger partial charge in [-0.1, -0.05) is 19.9 Å². The van der Waals surface area contributed by atoms with E-state index in [9.17, 15) is 24.9 Å². The Morgan fingerprint density at radius 3 is 2.69 bits per heavy atom. The second-order valence-electron chi connectivity index (χ2n) is 10.3. The second-order valence-corrected chi connectivity index (χ2v) is 10.3. The van der Waals surface area contributed by atoms with Crippen LogP contribution in [0.15, 0.2) is 12.2 Å². The van der Waals surface area contributed by atoms with Gasteiger partial charge in [0.1, 0.15) is 11.5 Å². The predicted molar refractivity (Wildman–Crippen MR) is 100 cm³/mol. The molecule has 0 aromatic heterocycles. The van der Waals surface area contributed by atoms with Gasteiger partial charge >= 0.3 is 5.97 Å². The Bertz CT molecular complexity index is 809. The fourth-order valence-electron chi connectivity index (χ4n) is 8.24. The van der Waals surface area contributed by atoms with Crippen molar-refractivity contribution in [2.24, 2.45) is 34.0 Å². The van der Waals surface area contributed by atoms with Crippen molar-refractivity contribution in [2.45, 2.75) is 63.9 Å². The third-order valence-electron chi connectivity index (χ3n) is 9.21. The first-order valence-electron chi connectivity index (χ1n) is 10.7. The van der Waals surface area contributed by atoms with E-state index in [-0.39, 0.29) is 30.9 Å². The van der Waals surface area contributed by atoms with E-state index in [2.05, 4.69) is 6.58 Å². The van der Waals surface area contributed by atoms with Gasteiger partial charge in [-0.15, -0.1) is 0 Å². The number of ether oxygens (including phenoxy) is 2. The highest BCUT2D eigenvalue weighted by Crippen LogP contribution is 2.76. The molecule has 0 aromatic carbocycles. The number of carbonyl (C=O) groups excluding carboxylic acids is 2. The molecule has 3 unspecified atom stereocenters. The molecule has 0 aromatic rings. The summed E-state index contributed by atoms with van der Waals surface area (Å²) in [7, 11) is 0. The van der Waals surface area contributed by atoms with Crippen LogP contribution in [0.2, 0.25) is 0 Å². The zero-order valence-electron chi connectivity index (χ0n) is 17.0. The maximum atomic E-state index is 13.5. The second kappa shape index (κ2) is 5.69. The molecule has 7 nitrogen and oxygen atoms in total. The number of rotatable bonds is 2. The van der Waals surface area contributed by atoms with Gasteiger partial charge in [-0.05, 0) is 37.2 Å². The van der Waals surface area contributed by atoms with Crippen LogP contribution >= 0.6 is 0 Å². The van der Waals surface area contributed by atoms with Crippen molar-refractivity contribution in [1.82, 2.24) is 0 Å². The highest BCUT2D eigenvalue weighted by atomic mass is 16.6. The fraction of sp³-hybridized carbons (Fsp3) is 0.818. The molecule has 9 atom stereocenters. The summed E-state index contributed by atoms with van der Waals surface area (Å²) in [6, 6.07) is 0.